The topological polar surface area (TPSA) is 0 Å². The Kier molecular flexibility index (Phi) is 13.1. The lowest BCUT2D eigenvalue weighted by Gasteiger charge is -2.32. The molecule has 0 N–H and O–H groups in total. The summed E-state index contributed by atoms with van der Waals surface area (Å²) in [5.74, 6) is 0. The molecule has 480 valence electrons. The molecule has 0 nitrogen and oxygen atoms in total. The van der Waals surface area contributed by atoms with Crippen LogP contribution in [0.5, 0.6) is 0 Å². The summed E-state index contributed by atoms with van der Waals surface area (Å²) in [6.07, 6.45) is 7.00. The van der Waals surface area contributed by atoms with Crippen molar-refractivity contribution in [1.29, 1.82) is 0 Å². The molecule has 0 heterocycles. The van der Waals surface area contributed by atoms with Gasteiger partial charge in [-0.2, -0.15) is 0 Å². The maximum Gasteiger partial charge on any atom is 0.0159 e. The van der Waals surface area contributed by atoms with Crippen LogP contribution in [-0.4, -0.2) is 0 Å². The van der Waals surface area contributed by atoms with E-state index in [4.69, 9.17) is 0 Å². The van der Waals surface area contributed by atoms with Crippen molar-refractivity contribution in [2.75, 3.05) is 0 Å². The lowest BCUT2D eigenvalue weighted by Crippen LogP contribution is -2.15. The van der Waals surface area contributed by atoms with E-state index in [1.54, 1.807) is 0 Å². The second-order valence-corrected chi connectivity index (χ2v) is 32.4. The van der Waals surface area contributed by atoms with Gasteiger partial charge in [0.1, 0.15) is 0 Å². The maximum absolute atomic E-state index is 2.48. The highest BCUT2D eigenvalue weighted by molar-refractivity contribution is 6.25. The summed E-state index contributed by atoms with van der Waals surface area (Å²) in [7, 11) is 0. The summed E-state index contributed by atoms with van der Waals surface area (Å²) in [4.78, 5) is 0. The first-order valence-electron chi connectivity index (χ1n) is 36.1. The maximum atomic E-state index is 2.48. The van der Waals surface area contributed by atoms with E-state index in [2.05, 4.69) is 348 Å². The minimum Gasteiger partial charge on any atom is -0.0759 e. The second kappa shape index (κ2) is 21.8. The molecule has 4 aliphatic carbocycles. The van der Waals surface area contributed by atoms with E-state index in [9.17, 15) is 0 Å². The summed E-state index contributed by atoms with van der Waals surface area (Å²) in [5, 5.41) is 10.8. The highest BCUT2D eigenvalue weighted by Crippen LogP contribution is 2.55. The van der Waals surface area contributed by atoms with Crippen molar-refractivity contribution in [3.05, 3.63) is 323 Å². The molecule has 15 aromatic rings. The molecule has 0 radical (unpaired) electrons. The Labute approximate surface area is 589 Å². The number of hydrogen-bond donors (Lipinski definition) is 0. The van der Waals surface area contributed by atoms with Crippen LogP contribution >= 0.6 is 0 Å². The molecule has 0 unspecified atom stereocenters. The van der Waals surface area contributed by atoms with Crippen LogP contribution in [0.3, 0.4) is 0 Å². The van der Waals surface area contributed by atoms with E-state index < -0.39 is 0 Å². The Balaban J connectivity index is 0.526. The van der Waals surface area contributed by atoms with Crippen molar-refractivity contribution in [2.24, 2.45) is 5.41 Å². The van der Waals surface area contributed by atoms with Crippen molar-refractivity contribution >= 4 is 54.7 Å². The lowest BCUT2D eigenvalue weighted by atomic mass is 9.72. The number of fused-ring (bicyclic) bond motifs is 6. The Morgan fingerprint density at radius 1 is 0.280 bits per heavy atom. The molecule has 15 aromatic carbocycles. The number of allylic oxidation sites excluding steroid dienone is 3. The van der Waals surface area contributed by atoms with Crippen LogP contribution in [0.15, 0.2) is 279 Å². The first kappa shape index (κ1) is 60.3. The SMILES string of the molecule is CC(C)(C)C1=Cc2ccc3c(-c4ccc(-c5ccc(-c6ccc7c(c6)C(C)(C)c6cc(-c8ccc9c(c8)C(C)(C)c8cc(-c%10ccc(-c%11ccc(-c%12ccc(-c%13ccc%14ccc%15cc(C(C)(C)C)cc%16ccc%13c%14c%15%16)cc%12)cc%11)cc%10)ccc8-9)ccc6-7)cc5)cc4)ccc4c3c2C(=CC4)C1. The van der Waals surface area contributed by atoms with Gasteiger partial charge in [-0.25, -0.2) is 0 Å². The summed E-state index contributed by atoms with van der Waals surface area (Å²) in [6.45, 7) is 23.6. The molecule has 0 aromatic heterocycles. The van der Waals surface area contributed by atoms with E-state index >= 15 is 0 Å². The summed E-state index contributed by atoms with van der Waals surface area (Å²) in [6, 6.07) is 103. The second-order valence-electron chi connectivity index (χ2n) is 32.4. The minimum atomic E-state index is -0.169. The van der Waals surface area contributed by atoms with Gasteiger partial charge in [-0.1, -0.05) is 330 Å². The summed E-state index contributed by atoms with van der Waals surface area (Å²) < 4.78 is 0. The molecular weight excluding hydrogens is 1200 g/mol. The van der Waals surface area contributed by atoms with Crippen LogP contribution in [0.2, 0.25) is 0 Å². The third kappa shape index (κ3) is 9.47. The van der Waals surface area contributed by atoms with E-state index in [0.717, 1.165) is 12.8 Å². The zero-order valence-corrected chi connectivity index (χ0v) is 59.0. The highest BCUT2D eigenvalue weighted by atomic mass is 14.4. The van der Waals surface area contributed by atoms with Gasteiger partial charge >= 0.3 is 0 Å². The minimum absolute atomic E-state index is 0.0918. The molecule has 0 fully saturated rings. The Morgan fingerprint density at radius 2 is 0.610 bits per heavy atom. The number of benzene rings is 15. The first-order chi connectivity index (χ1) is 48.3. The molecule has 0 saturated carbocycles. The van der Waals surface area contributed by atoms with Crippen molar-refractivity contribution in [1.82, 2.24) is 0 Å². The zero-order chi connectivity index (χ0) is 67.9. The van der Waals surface area contributed by atoms with Crippen molar-refractivity contribution in [3.63, 3.8) is 0 Å². The summed E-state index contributed by atoms with van der Waals surface area (Å²) in [5.41, 5.74) is 39.4. The Bertz CT molecular complexity index is 5980. The lowest BCUT2D eigenvalue weighted by molar-refractivity contribution is 0.498. The van der Waals surface area contributed by atoms with Crippen molar-refractivity contribution in [3.8, 4) is 111 Å². The van der Waals surface area contributed by atoms with E-state index in [1.807, 2.05) is 0 Å². The van der Waals surface area contributed by atoms with Gasteiger partial charge in [0.05, 0.1) is 0 Å². The standard InChI is InChI=1S/C100H80/c1-97(2,3)79-51-75-33-31-69-35-43-81(87-49-41-77(53-79)93(75)95(69)87)67-27-23-63(24-28-67)60-13-11-59(12-14-60)61-15-19-65(20-16-61)71-37-45-83-85-47-39-73(57-91(85)99(7,8)89(83)55-71)74-40-48-86-84-46-38-72(56-90(84)100(9,10)92(86)58-74)66-21-17-62(18-22-66)64-25-29-68(30-26-64)82-44-36-70-32-34-76-52-80(98(4,5)6)54-78-42-50-88(82)96(70)94(76)78/h11-31,33-51,53-58H,32,52H2,1-10H3. The van der Waals surface area contributed by atoms with Crippen LogP contribution in [0.4, 0.5) is 0 Å². The van der Waals surface area contributed by atoms with Crippen LogP contribution in [0, 0.1) is 5.41 Å². The molecule has 0 heteroatoms. The monoisotopic (exact) mass is 1280 g/mol. The number of hydrogen-bond acceptors (Lipinski definition) is 0. The molecule has 0 saturated heterocycles. The fourth-order valence-corrected chi connectivity index (χ4v) is 17.8. The molecule has 100 heavy (non-hydrogen) atoms. The van der Waals surface area contributed by atoms with Gasteiger partial charge in [-0.05, 0) is 252 Å². The third-order valence-corrected chi connectivity index (χ3v) is 23.7. The van der Waals surface area contributed by atoms with Gasteiger partial charge < -0.3 is 0 Å². The quantitative estimate of drug-likeness (QED) is 0.133. The normalized spacial score (nSPS) is 14.7. The molecule has 19 rings (SSSR count). The van der Waals surface area contributed by atoms with Crippen LogP contribution in [0.25, 0.3) is 166 Å². The van der Waals surface area contributed by atoms with E-state index in [-0.39, 0.29) is 21.7 Å². The number of rotatable bonds is 8. The summed E-state index contributed by atoms with van der Waals surface area (Å²) >= 11 is 0. The predicted octanol–water partition coefficient (Wildman–Crippen LogP) is 27.8. The average Bonchev–Trinajstić information content (AvgIpc) is 1.10. The van der Waals surface area contributed by atoms with Crippen molar-refractivity contribution < 1.29 is 0 Å². The van der Waals surface area contributed by atoms with Crippen molar-refractivity contribution in [2.45, 2.75) is 98.3 Å². The van der Waals surface area contributed by atoms with E-state index in [1.165, 1.54) is 210 Å². The fourth-order valence-electron chi connectivity index (χ4n) is 17.8. The van der Waals surface area contributed by atoms with Crippen LogP contribution in [0.1, 0.15) is 120 Å². The Morgan fingerprint density at radius 3 is 1.03 bits per heavy atom. The van der Waals surface area contributed by atoms with Gasteiger partial charge in [-0.3, -0.25) is 0 Å². The molecule has 0 bridgehead atoms. The first-order valence-corrected chi connectivity index (χ1v) is 36.1. The smallest absolute Gasteiger partial charge is 0.0159 e. The van der Waals surface area contributed by atoms with Gasteiger partial charge in [0.2, 0.25) is 0 Å². The van der Waals surface area contributed by atoms with E-state index in [0.29, 0.717) is 0 Å². The zero-order valence-electron chi connectivity index (χ0n) is 59.0. The Hall–Kier alpha value is -10.9. The van der Waals surface area contributed by atoms with Gasteiger partial charge in [-0.15, -0.1) is 0 Å². The molecule has 0 aliphatic heterocycles. The predicted molar refractivity (Wildman–Crippen MR) is 429 cm³/mol. The van der Waals surface area contributed by atoms with Crippen LogP contribution < -0.4 is 0 Å². The van der Waals surface area contributed by atoms with Gasteiger partial charge in [0.15, 0.2) is 0 Å². The molecular formula is C100H80. The largest absolute Gasteiger partial charge is 0.0759 e. The molecule has 0 amide bonds. The molecule has 0 atom stereocenters. The highest BCUT2D eigenvalue weighted by Gasteiger charge is 2.39. The molecule has 4 aliphatic rings. The van der Waals surface area contributed by atoms with Crippen LogP contribution in [-0.2, 0) is 22.7 Å². The third-order valence-electron chi connectivity index (χ3n) is 23.7. The average molecular weight is 1280 g/mol. The fraction of sp³-hybridized carbons (Fsp3) is 0.160. The van der Waals surface area contributed by atoms with Gasteiger partial charge in [0.25, 0.3) is 0 Å². The van der Waals surface area contributed by atoms with Gasteiger partial charge in [0, 0.05) is 10.8 Å². The molecule has 0 spiro atoms.